The number of rotatable bonds is 7. The Bertz CT molecular complexity index is 2940. The predicted molar refractivity (Wildman–Crippen MR) is 227 cm³/mol. The Morgan fingerprint density at radius 3 is 1.51 bits per heavy atom. The fourth-order valence-electron chi connectivity index (χ4n) is 7.64. The highest BCUT2D eigenvalue weighted by atomic mass is 16.3. The second-order valence-electron chi connectivity index (χ2n) is 13.7. The number of benzene rings is 8. The van der Waals surface area contributed by atoms with Gasteiger partial charge < -0.3 is 4.42 Å². The topological polar surface area (TPSA) is 38.9 Å². The molecule has 10 rings (SSSR count). The van der Waals surface area contributed by atoms with Crippen molar-refractivity contribution >= 4 is 21.9 Å². The zero-order valence-electron chi connectivity index (χ0n) is 29.9. The van der Waals surface area contributed by atoms with Crippen LogP contribution in [0.3, 0.4) is 0 Å². The predicted octanol–water partition coefficient (Wildman–Crippen LogP) is 14.0. The average molecular weight is 703 g/mol. The third-order valence-corrected chi connectivity index (χ3v) is 10.3. The van der Waals surface area contributed by atoms with Gasteiger partial charge in [-0.15, -0.1) is 0 Å². The molecule has 0 unspecified atom stereocenters. The first-order chi connectivity index (χ1) is 27.3. The van der Waals surface area contributed by atoms with Crippen LogP contribution in [0.2, 0.25) is 0 Å². The molecule has 0 fully saturated rings. The van der Waals surface area contributed by atoms with Gasteiger partial charge in [-0.3, -0.25) is 0 Å². The lowest BCUT2D eigenvalue weighted by Crippen LogP contribution is -1.99. The minimum absolute atomic E-state index is 0.672. The summed E-state index contributed by atoms with van der Waals surface area (Å²) in [6, 6.07) is 72.1. The Labute approximate surface area is 319 Å². The number of hydrogen-bond acceptors (Lipinski definition) is 3. The van der Waals surface area contributed by atoms with E-state index in [1.165, 1.54) is 5.56 Å². The molecule has 3 nitrogen and oxygen atoms in total. The average Bonchev–Trinajstić information content (AvgIpc) is 3.66. The Kier molecular flexibility index (Phi) is 8.16. The molecule has 0 atom stereocenters. The van der Waals surface area contributed by atoms with E-state index in [1.807, 2.05) is 36.4 Å². The van der Waals surface area contributed by atoms with Crippen molar-refractivity contribution in [1.29, 1.82) is 0 Å². The van der Waals surface area contributed by atoms with Crippen molar-refractivity contribution in [1.82, 2.24) is 9.97 Å². The van der Waals surface area contributed by atoms with Crippen LogP contribution in [0.1, 0.15) is 0 Å². The number of fused-ring (bicyclic) bond motifs is 3. The maximum absolute atomic E-state index is 6.69. The van der Waals surface area contributed by atoms with E-state index in [4.69, 9.17) is 14.4 Å². The molecule has 0 amide bonds. The van der Waals surface area contributed by atoms with Crippen molar-refractivity contribution in [2.24, 2.45) is 0 Å². The minimum atomic E-state index is 0.672. The molecule has 0 N–H and O–H groups in total. The van der Waals surface area contributed by atoms with Gasteiger partial charge >= 0.3 is 0 Å². The van der Waals surface area contributed by atoms with Crippen LogP contribution in [0.4, 0.5) is 0 Å². The molecule has 0 aliphatic heterocycles. The molecule has 0 radical (unpaired) electrons. The second-order valence-corrected chi connectivity index (χ2v) is 13.7. The molecule has 0 bridgehead atoms. The minimum Gasteiger partial charge on any atom is -0.455 e. The maximum Gasteiger partial charge on any atom is 0.160 e. The van der Waals surface area contributed by atoms with Crippen LogP contribution in [0.15, 0.2) is 211 Å². The molecule has 0 aliphatic rings. The standard InChI is InChI=1S/C52H34N2O/c1-5-16-35(17-6-1)37-28-30-38(31-29-37)47-34-48(54-52(53-47)40-22-11-4-12-23-40)46-33-41(36-18-7-2-8-19-36)32-45(50(46)39-20-9-3-10-21-39)44-26-15-25-43-42-24-13-14-27-49(42)55-51(43)44/h1-34H. The van der Waals surface area contributed by atoms with Gasteiger partial charge in [0.1, 0.15) is 11.2 Å². The molecule has 55 heavy (non-hydrogen) atoms. The van der Waals surface area contributed by atoms with Gasteiger partial charge in [-0.05, 0) is 63.2 Å². The van der Waals surface area contributed by atoms with E-state index in [0.29, 0.717) is 5.82 Å². The summed E-state index contributed by atoms with van der Waals surface area (Å²) < 4.78 is 6.69. The number of nitrogens with zero attached hydrogens (tertiary/aromatic N) is 2. The Balaban J connectivity index is 1.27. The highest BCUT2D eigenvalue weighted by Crippen LogP contribution is 2.46. The molecule has 2 aromatic heterocycles. The van der Waals surface area contributed by atoms with Gasteiger partial charge in [0.25, 0.3) is 0 Å². The van der Waals surface area contributed by atoms with E-state index < -0.39 is 0 Å². The van der Waals surface area contributed by atoms with E-state index in [2.05, 4.69) is 170 Å². The maximum atomic E-state index is 6.69. The third-order valence-electron chi connectivity index (χ3n) is 10.3. The summed E-state index contributed by atoms with van der Waals surface area (Å²) in [5.74, 6) is 0.672. The van der Waals surface area contributed by atoms with Crippen LogP contribution >= 0.6 is 0 Å². The molecule has 3 heteroatoms. The van der Waals surface area contributed by atoms with E-state index in [9.17, 15) is 0 Å². The lowest BCUT2D eigenvalue weighted by atomic mass is 9.85. The third kappa shape index (κ3) is 6.08. The summed E-state index contributed by atoms with van der Waals surface area (Å²) in [7, 11) is 0. The smallest absolute Gasteiger partial charge is 0.160 e. The lowest BCUT2D eigenvalue weighted by Gasteiger charge is -2.19. The van der Waals surface area contributed by atoms with Crippen molar-refractivity contribution < 1.29 is 4.42 Å². The molecular weight excluding hydrogens is 669 g/mol. The summed E-state index contributed by atoms with van der Waals surface area (Å²) in [6.45, 7) is 0. The van der Waals surface area contributed by atoms with Gasteiger partial charge in [-0.25, -0.2) is 9.97 Å². The first-order valence-corrected chi connectivity index (χ1v) is 18.6. The molecule has 10 aromatic rings. The quantitative estimate of drug-likeness (QED) is 0.166. The van der Waals surface area contributed by atoms with Crippen LogP contribution in [0, 0.1) is 0 Å². The SMILES string of the molecule is c1ccc(-c2ccc(-c3cc(-c4cc(-c5ccccc5)cc(-c5cccc6c5oc5ccccc56)c4-c4ccccc4)nc(-c4ccccc4)n3)cc2)cc1. The van der Waals surface area contributed by atoms with Gasteiger partial charge in [-0.2, -0.15) is 0 Å². The molecule has 0 spiro atoms. The highest BCUT2D eigenvalue weighted by molar-refractivity contribution is 6.12. The fourth-order valence-corrected chi connectivity index (χ4v) is 7.64. The second kappa shape index (κ2) is 13.9. The lowest BCUT2D eigenvalue weighted by molar-refractivity contribution is 0.670. The van der Waals surface area contributed by atoms with Gasteiger partial charge in [0.15, 0.2) is 5.82 Å². The fraction of sp³-hybridized carbons (Fsp3) is 0. The highest BCUT2D eigenvalue weighted by Gasteiger charge is 2.22. The summed E-state index contributed by atoms with van der Waals surface area (Å²) >= 11 is 0. The van der Waals surface area contributed by atoms with E-state index in [-0.39, 0.29) is 0 Å². The van der Waals surface area contributed by atoms with Crippen LogP contribution in [0.25, 0.3) is 100 Å². The Morgan fingerprint density at radius 2 is 0.818 bits per heavy atom. The van der Waals surface area contributed by atoms with E-state index in [1.54, 1.807) is 0 Å². The molecule has 2 heterocycles. The van der Waals surface area contributed by atoms with Crippen LogP contribution < -0.4 is 0 Å². The number of hydrogen-bond donors (Lipinski definition) is 0. The van der Waals surface area contributed by atoms with Crippen molar-refractivity contribution in [2.75, 3.05) is 0 Å². The molecule has 0 saturated carbocycles. The Morgan fingerprint density at radius 1 is 0.309 bits per heavy atom. The number of furan rings is 1. The summed E-state index contributed by atoms with van der Waals surface area (Å²) in [4.78, 5) is 10.6. The van der Waals surface area contributed by atoms with Crippen molar-refractivity contribution in [3.8, 4) is 78.4 Å². The van der Waals surface area contributed by atoms with Gasteiger partial charge in [0.2, 0.25) is 0 Å². The van der Waals surface area contributed by atoms with Crippen molar-refractivity contribution in [3.05, 3.63) is 206 Å². The molecular formula is C52H34N2O. The van der Waals surface area contributed by atoms with Gasteiger partial charge in [0, 0.05) is 33.0 Å². The molecule has 0 aliphatic carbocycles. The summed E-state index contributed by atoms with van der Waals surface area (Å²) in [6.07, 6.45) is 0. The monoisotopic (exact) mass is 702 g/mol. The normalized spacial score (nSPS) is 11.3. The molecule has 8 aromatic carbocycles. The van der Waals surface area contributed by atoms with Crippen molar-refractivity contribution in [2.45, 2.75) is 0 Å². The zero-order chi connectivity index (χ0) is 36.6. The number of aromatic nitrogens is 2. The van der Waals surface area contributed by atoms with Gasteiger partial charge in [-0.1, -0.05) is 182 Å². The first-order valence-electron chi connectivity index (χ1n) is 18.6. The van der Waals surface area contributed by atoms with Crippen LogP contribution in [-0.2, 0) is 0 Å². The van der Waals surface area contributed by atoms with E-state index >= 15 is 0 Å². The van der Waals surface area contributed by atoms with E-state index in [0.717, 1.165) is 89.0 Å². The number of para-hydroxylation sites is 2. The summed E-state index contributed by atoms with van der Waals surface area (Å²) in [5, 5.41) is 2.19. The Hall–Kier alpha value is -7.36. The van der Waals surface area contributed by atoms with Gasteiger partial charge in [0.05, 0.1) is 11.4 Å². The van der Waals surface area contributed by atoms with Crippen LogP contribution in [0.5, 0.6) is 0 Å². The first kappa shape index (κ1) is 32.3. The molecule has 258 valence electrons. The van der Waals surface area contributed by atoms with Crippen molar-refractivity contribution in [3.63, 3.8) is 0 Å². The largest absolute Gasteiger partial charge is 0.455 e. The van der Waals surface area contributed by atoms with Crippen LogP contribution in [-0.4, -0.2) is 9.97 Å². The zero-order valence-corrected chi connectivity index (χ0v) is 29.9. The molecule has 0 saturated heterocycles. The summed E-state index contributed by atoms with van der Waals surface area (Å²) in [5.41, 5.74) is 15.2.